The van der Waals surface area contributed by atoms with Crippen LogP contribution in [0.5, 0.6) is 0 Å². The van der Waals surface area contributed by atoms with E-state index >= 15 is 0 Å². The number of carbonyl (C=O) groups excluding carboxylic acids is 1. The van der Waals surface area contributed by atoms with Crippen LogP contribution in [0.4, 0.5) is 5.95 Å². The Kier molecular flexibility index (Phi) is 2.23. The molecule has 0 radical (unpaired) electrons. The zero-order chi connectivity index (χ0) is 10.7. The molecule has 2 heterocycles. The summed E-state index contributed by atoms with van der Waals surface area (Å²) in [4.78, 5) is 31.8. The van der Waals surface area contributed by atoms with Crippen LogP contribution in [-0.4, -0.2) is 31.1 Å². The van der Waals surface area contributed by atoms with Crippen molar-refractivity contribution in [3.63, 3.8) is 0 Å². The van der Waals surface area contributed by atoms with E-state index in [-0.39, 0.29) is 17.2 Å². The summed E-state index contributed by atoms with van der Waals surface area (Å²) in [5.74, 6) is -0.268. The van der Waals surface area contributed by atoms with Crippen LogP contribution >= 0.6 is 0 Å². The lowest BCUT2D eigenvalue weighted by molar-refractivity contribution is 0.102. The Balaban J connectivity index is 2.15. The standard InChI is InChI=1S/C7H6N6O2/c14-5-2-8-4(1-9-5)6(15)12-7-10-3-11-13-7/h1-3H,(H,9,14)(H2,10,11,12,13,15). The minimum Gasteiger partial charge on any atom is -0.325 e. The van der Waals surface area contributed by atoms with Crippen molar-refractivity contribution in [1.82, 2.24) is 25.1 Å². The molecule has 0 fully saturated rings. The molecule has 0 spiro atoms. The largest absolute Gasteiger partial charge is 0.325 e. The number of rotatable bonds is 2. The monoisotopic (exact) mass is 206 g/mol. The normalized spacial score (nSPS) is 9.87. The van der Waals surface area contributed by atoms with Crippen molar-refractivity contribution in [3.8, 4) is 0 Å². The highest BCUT2D eigenvalue weighted by molar-refractivity contribution is 6.01. The lowest BCUT2D eigenvalue weighted by Gasteiger charge is -1.98. The predicted molar refractivity (Wildman–Crippen MR) is 49.2 cm³/mol. The van der Waals surface area contributed by atoms with E-state index in [0.29, 0.717) is 0 Å². The first-order chi connectivity index (χ1) is 7.25. The molecule has 0 atom stereocenters. The van der Waals surface area contributed by atoms with Crippen molar-refractivity contribution in [2.75, 3.05) is 5.32 Å². The van der Waals surface area contributed by atoms with Gasteiger partial charge in [-0.05, 0) is 0 Å². The summed E-state index contributed by atoms with van der Waals surface area (Å²) in [6.07, 6.45) is 3.50. The van der Waals surface area contributed by atoms with Gasteiger partial charge in [-0.2, -0.15) is 10.1 Å². The number of carbonyl (C=O) groups is 1. The van der Waals surface area contributed by atoms with Crippen molar-refractivity contribution in [2.45, 2.75) is 0 Å². The third kappa shape index (κ3) is 2.05. The lowest BCUT2D eigenvalue weighted by atomic mass is 10.4. The van der Waals surface area contributed by atoms with E-state index in [1.54, 1.807) is 0 Å². The average Bonchev–Trinajstić information content (AvgIpc) is 2.71. The maximum atomic E-state index is 11.4. The molecular formula is C7H6N6O2. The first-order valence-electron chi connectivity index (χ1n) is 3.97. The first-order valence-corrected chi connectivity index (χ1v) is 3.97. The SMILES string of the molecule is O=C(Nc1ncn[nH]1)c1c[nH]c(=O)cn1. The fraction of sp³-hybridized carbons (Fsp3) is 0. The van der Waals surface area contributed by atoms with E-state index in [1.165, 1.54) is 12.5 Å². The second kappa shape index (κ2) is 3.70. The van der Waals surface area contributed by atoms with Crippen LogP contribution in [0.2, 0.25) is 0 Å². The van der Waals surface area contributed by atoms with Gasteiger partial charge in [0.1, 0.15) is 12.0 Å². The van der Waals surface area contributed by atoms with Crippen LogP contribution in [0.3, 0.4) is 0 Å². The number of amides is 1. The molecule has 2 aromatic heterocycles. The maximum Gasteiger partial charge on any atom is 0.278 e. The van der Waals surface area contributed by atoms with E-state index in [0.717, 1.165) is 6.20 Å². The minimum atomic E-state index is -0.483. The van der Waals surface area contributed by atoms with Crippen LogP contribution in [-0.2, 0) is 0 Å². The van der Waals surface area contributed by atoms with Gasteiger partial charge in [-0.1, -0.05) is 0 Å². The summed E-state index contributed by atoms with van der Waals surface area (Å²) in [5.41, 5.74) is -0.280. The molecule has 0 bridgehead atoms. The Morgan fingerprint density at radius 3 is 2.87 bits per heavy atom. The molecule has 0 aliphatic rings. The van der Waals surface area contributed by atoms with Gasteiger partial charge < -0.3 is 4.98 Å². The van der Waals surface area contributed by atoms with Gasteiger partial charge in [0.15, 0.2) is 0 Å². The third-order valence-corrected chi connectivity index (χ3v) is 1.55. The highest BCUT2D eigenvalue weighted by Gasteiger charge is 2.08. The fourth-order valence-corrected chi connectivity index (χ4v) is 0.904. The molecule has 0 unspecified atom stereocenters. The molecule has 2 aromatic rings. The van der Waals surface area contributed by atoms with Gasteiger partial charge >= 0.3 is 0 Å². The first kappa shape index (κ1) is 9.06. The molecular weight excluding hydrogens is 200 g/mol. The van der Waals surface area contributed by atoms with Crippen LogP contribution in [0.1, 0.15) is 10.5 Å². The maximum absolute atomic E-state index is 11.4. The van der Waals surface area contributed by atoms with E-state index in [4.69, 9.17) is 0 Å². The molecule has 2 rings (SSSR count). The predicted octanol–water partition coefficient (Wildman–Crippen LogP) is -0.860. The van der Waals surface area contributed by atoms with Crippen molar-refractivity contribution in [3.05, 3.63) is 34.8 Å². The Morgan fingerprint density at radius 1 is 1.40 bits per heavy atom. The summed E-state index contributed by atoms with van der Waals surface area (Å²) in [6, 6.07) is 0. The van der Waals surface area contributed by atoms with E-state index in [9.17, 15) is 9.59 Å². The smallest absolute Gasteiger partial charge is 0.278 e. The zero-order valence-electron chi connectivity index (χ0n) is 7.39. The topological polar surface area (TPSA) is 116 Å². The molecule has 3 N–H and O–H groups in total. The number of aromatic amines is 2. The van der Waals surface area contributed by atoms with Gasteiger partial charge in [0.25, 0.3) is 11.5 Å². The highest BCUT2D eigenvalue weighted by Crippen LogP contribution is 1.96. The number of aromatic nitrogens is 5. The Bertz CT molecular complexity index is 496. The summed E-state index contributed by atoms with van der Waals surface area (Å²) in [7, 11) is 0. The molecule has 8 heteroatoms. The van der Waals surface area contributed by atoms with E-state index in [2.05, 4.69) is 30.5 Å². The summed E-state index contributed by atoms with van der Waals surface area (Å²) < 4.78 is 0. The molecule has 8 nitrogen and oxygen atoms in total. The molecule has 0 saturated carbocycles. The number of nitrogens with zero attached hydrogens (tertiary/aromatic N) is 3. The highest BCUT2D eigenvalue weighted by atomic mass is 16.2. The number of hydrogen-bond donors (Lipinski definition) is 3. The lowest BCUT2D eigenvalue weighted by Crippen LogP contribution is -2.17. The molecule has 0 aliphatic carbocycles. The van der Waals surface area contributed by atoms with Crippen LogP contribution in [0.25, 0.3) is 0 Å². The quantitative estimate of drug-likeness (QED) is 0.591. The zero-order valence-corrected chi connectivity index (χ0v) is 7.39. The molecule has 0 aliphatic heterocycles. The van der Waals surface area contributed by atoms with Gasteiger partial charge in [0, 0.05) is 6.20 Å². The van der Waals surface area contributed by atoms with E-state index < -0.39 is 5.91 Å². The second-order valence-corrected chi connectivity index (χ2v) is 2.58. The van der Waals surface area contributed by atoms with Crippen molar-refractivity contribution >= 4 is 11.9 Å². The van der Waals surface area contributed by atoms with Crippen LogP contribution in [0.15, 0.2) is 23.5 Å². The second-order valence-electron chi connectivity index (χ2n) is 2.58. The third-order valence-electron chi connectivity index (χ3n) is 1.55. The van der Waals surface area contributed by atoms with Crippen LogP contribution in [0, 0.1) is 0 Å². The van der Waals surface area contributed by atoms with Gasteiger partial charge in [-0.15, -0.1) is 0 Å². The fourth-order valence-electron chi connectivity index (χ4n) is 0.904. The number of nitrogens with one attached hydrogen (secondary N) is 3. The van der Waals surface area contributed by atoms with Crippen molar-refractivity contribution in [1.29, 1.82) is 0 Å². The van der Waals surface area contributed by atoms with Gasteiger partial charge in [0.05, 0.1) is 6.20 Å². The summed E-state index contributed by atoms with van der Waals surface area (Å²) in [5, 5.41) is 8.42. The van der Waals surface area contributed by atoms with Crippen molar-refractivity contribution in [2.24, 2.45) is 0 Å². The average molecular weight is 206 g/mol. The minimum absolute atomic E-state index is 0.0889. The van der Waals surface area contributed by atoms with Gasteiger partial charge in [-0.25, -0.2) is 10.1 Å². The Hall–Kier alpha value is -2.51. The van der Waals surface area contributed by atoms with Crippen molar-refractivity contribution < 1.29 is 4.79 Å². The molecule has 76 valence electrons. The number of H-pyrrole nitrogens is 2. The number of anilines is 1. The van der Waals surface area contributed by atoms with E-state index in [1.807, 2.05) is 0 Å². The van der Waals surface area contributed by atoms with Gasteiger partial charge in [0.2, 0.25) is 5.95 Å². The van der Waals surface area contributed by atoms with Gasteiger partial charge in [-0.3, -0.25) is 14.9 Å². The summed E-state index contributed by atoms with van der Waals surface area (Å²) >= 11 is 0. The molecule has 15 heavy (non-hydrogen) atoms. The number of hydrogen-bond acceptors (Lipinski definition) is 5. The van der Waals surface area contributed by atoms with Crippen LogP contribution < -0.4 is 10.9 Å². The Labute approximate surface area is 82.8 Å². The molecule has 1 amide bonds. The summed E-state index contributed by atoms with van der Waals surface area (Å²) in [6.45, 7) is 0. The molecule has 0 aromatic carbocycles. The Morgan fingerprint density at radius 2 is 2.27 bits per heavy atom. The molecule has 0 saturated heterocycles.